The summed E-state index contributed by atoms with van der Waals surface area (Å²) < 4.78 is 5.39. The number of nitrogens with one attached hydrogen (secondary N) is 2. The maximum Gasteiger partial charge on any atom is 0.214 e. The third kappa shape index (κ3) is 8.86. The molecule has 0 aromatic carbocycles. The molecule has 0 radical (unpaired) electrons. The van der Waals surface area contributed by atoms with Gasteiger partial charge in [-0.05, 0) is 20.8 Å². The summed E-state index contributed by atoms with van der Waals surface area (Å²) in [6, 6.07) is -0.500. The number of carbonyl (C=O) groups is 1. The summed E-state index contributed by atoms with van der Waals surface area (Å²) in [6.07, 6.45) is -1.38. The fourth-order valence-corrected chi connectivity index (χ4v) is 0.762. The van der Waals surface area contributed by atoms with Gasteiger partial charge in [-0.25, -0.2) is 0 Å². The van der Waals surface area contributed by atoms with Gasteiger partial charge in [0, 0.05) is 6.54 Å². The van der Waals surface area contributed by atoms with Crippen molar-refractivity contribution in [3.8, 4) is 0 Å². The van der Waals surface area contributed by atoms with Gasteiger partial charge in [-0.3, -0.25) is 0 Å². The van der Waals surface area contributed by atoms with Crippen LogP contribution in [-0.2, 0) is 4.74 Å². The Balaban J connectivity index is 4.05. The molecule has 1 amide bonds. The largest absolute Gasteiger partial charge is 0.530 e. The molecule has 1 atom stereocenters. The van der Waals surface area contributed by atoms with Gasteiger partial charge >= 0.3 is 0 Å². The van der Waals surface area contributed by atoms with Gasteiger partial charge in [0.1, 0.15) is 16.7 Å². The standard InChI is InChI=1S/C8H16N4O3/c1-8(2,3)15-5-6(11-12-9)4-10-7(13)14/h6,9-10H,4-5H2,1-3H3. The Morgan fingerprint density at radius 3 is 2.67 bits per heavy atom. The summed E-state index contributed by atoms with van der Waals surface area (Å²) in [5, 5.41) is 15.7. The molecule has 0 aliphatic heterocycles. The van der Waals surface area contributed by atoms with E-state index in [1.54, 1.807) is 0 Å². The molecule has 0 saturated heterocycles. The summed E-state index contributed by atoms with van der Waals surface area (Å²) in [5.74, 6) is 0. The van der Waals surface area contributed by atoms with Gasteiger partial charge in [-0.1, -0.05) is 0 Å². The van der Waals surface area contributed by atoms with E-state index in [4.69, 9.17) is 10.3 Å². The van der Waals surface area contributed by atoms with Crippen LogP contribution in [0.3, 0.4) is 0 Å². The number of hydrogen-bond acceptors (Lipinski definition) is 5. The lowest BCUT2D eigenvalue weighted by Gasteiger charge is -2.20. The van der Waals surface area contributed by atoms with Crippen molar-refractivity contribution in [1.29, 1.82) is 5.53 Å². The van der Waals surface area contributed by atoms with E-state index in [1.165, 1.54) is 0 Å². The number of amides is 1. The van der Waals surface area contributed by atoms with E-state index >= 15 is 0 Å². The predicted octanol–water partition coefficient (Wildman–Crippen LogP) is -0.347. The highest BCUT2D eigenvalue weighted by Gasteiger charge is 2.18. The van der Waals surface area contributed by atoms with Crippen LogP contribution < -0.4 is 15.3 Å². The number of hydrogen-bond donors (Lipinski definition) is 2. The molecule has 1 unspecified atom stereocenters. The van der Waals surface area contributed by atoms with Crippen molar-refractivity contribution < 1.29 is 14.6 Å². The third-order valence-electron chi connectivity index (χ3n) is 1.41. The second kappa shape index (κ2) is 6.10. The average Bonchev–Trinajstić information content (AvgIpc) is 2.08. The highest BCUT2D eigenvalue weighted by molar-refractivity contribution is 5.61. The number of ether oxygens (including phenoxy) is 1. The van der Waals surface area contributed by atoms with Gasteiger partial charge in [0.25, 0.3) is 0 Å². The Labute approximate surface area is 88.0 Å². The Kier molecular flexibility index (Phi) is 5.51. The molecule has 86 valence electrons. The van der Waals surface area contributed by atoms with Crippen LogP contribution in [0.1, 0.15) is 20.8 Å². The van der Waals surface area contributed by atoms with E-state index in [9.17, 15) is 9.90 Å². The summed E-state index contributed by atoms with van der Waals surface area (Å²) in [4.78, 5) is 13.0. The summed E-state index contributed by atoms with van der Waals surface area (Å²) in [5.41, 5.74) is 6.23. The maximum atomic E-state index is 10.1. The van der Waals surface area contributed by atoms with E-state index in [1.807, 2.05) is 20.8 Å². The van der Waals surface area contributed by atoms with Gasteiger partial charge in [-0.2, -0.15) is 0 Å². The highest BCUT2D eigenvalue weighted by atomic mass is 16.5. The SMILES string of the molecule is CC(C)(C)OCC(CNC(=O)[O-])N=[N+]=N. The van der Waals surface area contributed by atoms with Gasteiger partial charge in [0.05, 0.1) is 12.2 Å². The van der Waals surface area contributed by atoms with E-state index < -0.39 is 12.1 Å². The molecule has 0 rings (SSSR count). The summed E-state index contributed by atoms with van der Waals surface area (Å²) in [6.45, 7) is 5.84. The van der Waals surface area contributed by atoms with Gasteiger partial charge in [0.15, 0.2) is 6.04 Å². The fourth-order valence-electron chi connectivity index (χ4n) is 0.762. The quantitative estimate of drug-likeness (QED) is 0.484. The first-order valence-corrected chi connectivity index (χ1v) is 4.50. The van der Waals surface area contributed by atoms with Crippen molar-refractivity contribution in [2.45, 2.75) is 32.4 Å². The molecule has 0 aromatic heterocycles. The Morgan fingerprint density at radius 1 is 1.67 bits per heavy atom. The lowest BCUT2D eigenvalue weighted by atomic mass is 10.2. The van der Waals surface area contributed by atoms with E-state index in [-0.39, 0.29) is 18.8 Å². The number of carbonyl (C=O) groups excluding carboxylic acids is 1. The molecule has 0 aromatic rings. The van der Waals surface area contributed by atoms with E-state index in [0.717, 1.165) is 0 Å². The molecule has 2 N–H and O–H groups in total. The van der Waals surface area contributed by atoms with Gasteiger partial charge in [0.2, 0.25) is 4.91 Å². The van der Waals surface area contributed by atoms with Crippen LogP contribution in [0.15, 0.2) is 5.11 Å². The molecule has 0 bridgehead atoms. The fraction of sp³-hybridized carbons (Fsp3) is 0.875. The van der Waals surface area contributed by atoms with Crippen LogP contribution in [0.2, 0.25) is 0 Å². The van der Waals surface area contributed by atoms with E-state index in [0.29, 0.717) is 0 Å². The molecular formula is C8H16N4O3. The molecule has 0 fully saturated rings. The first-order valence-electron chi connectivity index (χ1n) is 4.50. The van der Waals surface area contributed by atoms with Gasteiger partial charge in [-0.15, -0.1) is 0 Å². The minimum absolute atomic E-state index is 0.0286. The molecule has 0 spiro atoms. The lowest BCUT2D eigenvalue weighted by molar-refractivity contribution is -0.250. The molecular weight excluding hydrogens is 200 g/mol. The van der Waals surface area contributed by atoms with Crippen molar-refractivity contribution >= 4 is 6.09 Å². The second-order valence-electron chi connectivity index (χ2n) is 3.96. The maximum absolute atomic E-state index is 10.1. The zero-order chi connectivity index (χ0) is 11.9. The summed E-state index contributed by atoms with van der Waals surface area (Å²) in [7, 11) is 0. The molecule has 0 aliphatic carbocycles. The number of nitrogens with zero attached hydrogens (tertiary/aromatic N) is 2. The molecule has 7 heteroatoms. The normalized spacial score (nSPS) is 12.7. The topological polar surface area (TPSA) is 112 Å². The minimum atomic E-state index is -1.38. The van der Waals surface area contributed by atoms with Crippen LogP contribution in [0, 0.1) is 5.53 Å². The molecule has 15 heavy (non-hydrogen) atoms. The van der Waals surface area contributed by atoms with Crippen LogP contribution in [0.4, 0.5) is 4.79 Å². The molecule has 0 aliphatic rings. The lowest BCUT2D eigenvalue weighted by Crippen LogP contribution is -2.42. The van der Waals surface area contributed by atoms with Crippen molar-refractivity contribution in [2.75, 3.05) is 13.2 Å². The third-order valence-corrected chi connectivity index (χ3v) is 1.41. The molecule has 7 nitrogen and oxygen atoms in total. The Hall–Kier alpha value is -1.46. The van der Waals surface area contributed by atoms with Crippen LogP contribution in [0.25, 0.3) is 0 Å². The second-order valence-corrected chi connectivity index (χ2v) is 3.96. The first-order chi connectivity index (χ1) is 6.85. The first kappa shape index (κ1) is 13.5. The monoisotopic (exact) mass is 216 g/mol. The number of rotatable bonds is 5. The van der Waals surface area contributed by atoms with Crippen LogP contribution in [0.5, 0.6) is 0 Å². The van der Waals surface area contributed by atoms with Crippen molar-refractivity contribution in [2.24, 2.45) is 5.11 Å². The Bertz CT molecular complexity index is 255. The van der Waals surface area contributed by atoms with Crippen molar-refractivity contribution in [1.82, 2.24) is 10.2 Å². The zero-order valence-corrected chi connectivity index (χ0v) is 9.11. The Morgan fingerprint density at radius 2 is 2.27 bits per heavy atom. The smallest absolute Gasteiger partial charge is 0.214 e. The molecule has 0 saturated carbocycles. The summed E-state index contributed by atoms with van der Waals surface area (Å²) >= 11 is 0. The number of carboxylic acid groups (broad SMARTS) is 1. The molecule has 0 heterocycles. The van der Waals surface area contributed by atoms with Gasteiger partial charge < -0.3 is 20.0 Å². The minimum Gasteiger partial charge on any atom is -0.530 e. The zero-order valence-electron chi connectivity index (χ0n) is 9.11. The van der Waals surface area contributed by atoms with Crippen LogP contribution in [-0.4, -0.2) is 30.9 Å². The van der Waals surface area contributed by atoms with Crippen LogP contribution >= 0.6 is 0 Å². The van der Waals surface area contributed by atoms with Crippen molar-refractivity contribution in [3.05, 3.63) is 0 Å². The van der Waals surface area contributed by atoms with Crippen molar-refractivity contribution in [3.63, 3.8) is 0 Å². The highest BCUT2D eigenvalue weighted by Crippen LogP contribution is 2.07. The van der Waals surface area contributed by atoms with E-state index in [2.05, 4.69) is 15.3 Å². The predicted molar refractivity (Wildman–Crippen MR) is 50.2 cm³/mol. The average molecular weight is 216 g/mol.